The third-order valence-electron chi connectivity index (χ3n) is 4.57. The van der Waals surface area contributed by atoms with Crippen LogP contribution < -0.4 is 10.1 Å². The second-order valence-electron chi connectivity index (χ2n) is 6.57. The molecule has 1 aliphatic heterocycles. The van der Waals surface area contributed by atoms with Gasteiger partial charge < -0.3 is 15.0 Å². The van der Waals surface area contributed by atoms with E-state index in [2.05, 4.69) is 10.4 Å². The Labute approximate surface area is 174 Å². The van der Waals surface area contributed by atoms with Crippen LogP contribution in [0, 0.1) is 11.6 Å². The highest BCUT2D eigenvalue weighted by atomic mass is 35.5. The maximum Gasteiger partial charge on any atom is 0.276 e. The smallest absolute Gasteiger partial charge is 0.276 e. The minimum atomic E-state index is -0.612. The number of halogens is 3. The molecule has 4 rings (SSSR count). The number of carbonyl (C=O) groups is 2. The molecule has 10 heteroatoms. The maximum atomic E-state index is 14.1. The Bertz CT molecular complexity index is 1160. The number of carbonyl (C=O) groups excluding carboxylic acids is 2. The van der Waals surface area contributed by atoms with Crippen molar-refractivity contribution in [2.24, 2.45) is 0 Å². The van der Waals surface area contributed by atoms with Crippen molar-refractivity contribution in [3.05, 3.63) is 64.8 Å². The largest absolute Gasteiger partial charge is 0.497 e. The van der Waals surface area contributed by atoms with Crippen molar-refractivity contribution in [2.75, 3.05) is 20.3 Å². The van der Waals surface area contributed by atoms with Crippen molar-refractivity contribution < 1.29 is 23.1 Å². The molecular formula is C20H15ClF2N4O3. The number of nitrogens with zero attached hydrogens (tertiary/aromatic N) is 3. The third-order valence-corrected chi connectivity index (χ3v) is 4.86. The molecule has 2 heterocycles. The van der Waals surface area contributed by atoms with Gasteiger partial charge in [0.05, 0.1) is 30.2 Å². The van der Waals surface area contributed by atoms with Gasteiger partial charge in [0.25, 0.3) is 5.91 Å². The fourth-order valence-electron chi connectivity index (χ4n) is 3.11. The second-order valence-corrected chi connectivity index (χ2v) is 6.97. The number of hydrogen-bond donors (Lipinski definition) is 1. The molecule has 2 amide bonds. The summed E-state index contributed by atoms with van der Waals surface area (Å²) in [7, 11) is 1.40. The van der Waals surface area contributed by atoms with Crippen molar-refractivity contribution in [3.8, 4) is 22.7 Å². The maximum absolute atomic E-state index is 14.1. The quantitative estimate of drug-likeness (QED) is 0.687. The summed E-state index contributed by atoms with van der Waals surface area (Å²) in [6.07, 6.45) is 0. The average molecular weight is 433 g/mol. The Balaban J connectivity index is 1.85. The first-order valence-corrected chi connectivity index (χ1v) is 9.20. The molecule has 0 radical (unpaired) electrons. The number of rotatable bonds is 4. The van der Waals surface area contributed by atoms with Crippen LogP contribution in [0.4, 0.5) is 8.78 Å². The fourth-order valence-corrected chi connectivity index (χ4v) is 3.28. The van der Waals surface area contributed by atoms with E-state index in [9.17, 15) is 18.4 Å². The Morgan fingerprint density at radius 1 is 1.20 bits per heavy atom. The summed E-state index contributed by atoms with van der Waals surface area (Å²) >= 11 is 5.91. The Morgan fingerprint density at radius 2 is 2.00 bits per heavy atom. The van der Waals surface area contributed by atoms with Crippen LogP contribution in [0.25, 0.3) is 16.9 Å². The molecule has 1 aromatic heterocycles. The summed E-state index contributed by atoms with van der Waals surface area (Å²) < 4.78 is 34.2. The van der Waals surface area contributed by atoms with E-state index in [0.29, 0.717) is 16.9 Å². The summed E-state index contributed by atoms with van der Waals surface area (Å²) in [5.41, 5.74) is 1.14. The number of methoxy groups -OCH3 is 1. The molecule has 0 atom stereocenters. The SMILES string of the molecule is COc1cc(F)cc(-c2cc(C(=O)N3CNC(=O)C3)nn2-c2ccc(F)c(Cl)c2)c1. The fraction of sp³-hybridized carbons (Fsp3) is 0.150. The molecule has 2 aromatic carbocycles. The Kier molecular flexibility index (Phi) is 5.13. The van der Waals surface area contributed by atoms with E-state index >= 15 is 0 Å². The predicted molar refractivity (Wildman–Crippen MR) is 105 cm³/mol. The standard InChI is InChI=1S/C20H15ClF2N4O3/c1-30-14-5-11(4-12(22)6-14)18-8-17(20(29)26-9-19(28)24-10-26)25-27(18)13-2-3-16(23)15(21)7-13/h2-8H,9-10H2,1H3,(H,24,28). The van der Waals surface area contributed by atoms with Gasteiger partial charge in [-0.05, 0) is 36.4 Å². The van der Waals surface area contributed by atoms with Crippen LogP contribution in [-0.2, 0) is 4.79 Å². The van der Waals surface area contributed by atoms with Crippen LogP contribution >= 0.6 is 11.6 Å². The van der Waals surface area contributed by atoms with Crippen molar-refractivity contribution in [2.45, 2.75) is 0 Å². The first-order valence-electron chi connectivity index (χ1n) is 8.82. The van der Waals surface area contributed by atoms with E-state index < -0.39 is 17.5 Å². The van der Waals surface area contributed by atoms with E-state index in [1.807, 2.05) is 0 Å². The highest BCUT2D eigenvalue weighted by Crippen LogP contribution is 2.30. The molecule has 0 saturated carbocycles. The van der Waals surface area contributed by atoms with Gasteiger partial charge in [0.15, 0.2) is 5.69 Å². The summed E-state index contributed by atoms with van der Waals surface area (Å²) in [4.78, 5) is 25.5. The summed E-state index contributed by atoms with van der Waals surface area (Å²) in [6, 6.07) is 9.47. The van der Waals surface area contributed by atoms with Gasteiger partial charge in [-0.15, -0.1) is 0 Å². The Hall–Kier alpha value is -3.46. The molecule has 0 aliphatic carbocycles. The Morgan fingerprint density at radius 3 is 2.67 bits per heavy atom. The van der Waals surface area contributed by atoms with Crippen molar-refractivity contribution in [1.29, 1.82) is 0 Å². The van der Waals surface area contributed by atoms with Crippen LogP contribution in [0.5, 0.6) is 5.75 Å². The molecule has 1 saturated heterocycles. The number of aromatic nitrogens is 2. The predicted octanol–water partition coefficient (Wildman–Crippen LogP) is 3.01. The van der Waals surface area contributed by atoms with Gasteiger partial charge in [0.1, 0.15) is 23.9 Å². The molecule has 1 aliphatic rings. The molecule has 0 spiro atoms. The normalized spacial score (nSPS) is 13.5. The zero-order valence-electron chi connectivity index (χ0n) is 15.7. The van der Waals surface area contributed by atoms with Gasteiger partial charge in [-0.2, -0.15) is 5.10 Å². The van der Waals surface area contributed by atoms with Crippen LogP contribution in [0.15, 0.2) is 42.5 Å². The monoisotopic (exact) mass is 432 g/mol. The van der Waals surface area contributed by atoms with E-state index in [4.69, 9.17) is 16.3 Å². The van der Waals surface area contributed by atoms with Gasteiger partial charge in [0, 0.05) is 11.6 Å². The van der Waals surface area contributed by atoms with Crippen LogP contribution in [0.1, 0.15) is 10.5 Å². The van der Waals surface area contributed by atoms with Crippen molar-refractivity contribution >= 4 is 23.4 Å². The van der Waals surface area contributed by atoms with Crippen molar-refractivity contribution in [1.82, 2.24) is 20.0 Å². The van der Waals surface area contributed by atoms with Crippen LogP contribution in [0.2, 0.25) is 5.02 Å². The lowest BCUT2D eigenvalue weighted by Crippen LogP contribution is -2.30. The van der Waals surface area contributed by atoms with E-state index in [1.54, 1.807) is 6.07 Å². The number of ether oxygens (including phenoxy) is 1. The van der Waals surface area contributed by atoms with Gasteiger partial charge in [-0.1, -0.05) is 11.6 Å². The van der Waals surface area contributed by atoms with E-state index in [-0.39, 0.29) is 35.6 Å². The average Bonchev–Trinajstić information content (AvgIpc) is 3.36. The minimum absolute atomic E-state index is 0.0326. The van der Waals surface area contributed by atoms with E-state index in [0.717, 1.165) is 0 Å². The highest BCUT2D eigenvalue weighted by Gasteiger charge is 2.27. The molecule has 0 bridgehead atoms. The van der Waals surface area contributed by atoms with Gasteiger partial charge in [-0.25, -0.2) is 13.5 Å². The minimum Gasteiger partial charge on any atom is -0.497 e. The van der Waals surface area contributed by atoms with Crippen molar-refractivity contribution in [3.63, 3.8) is 0 Å². The molecule has 0 unspecified atom stereocenters. The molecule has 30 heavy (non-hydrogen) atoms. The lowest BCUT2D eigenvalue weighted by atomic mass is 10.1. The molecule has 1 fully saturated rings. The number of nitrogens with one attached hydrogen (secondary N) is 1. The zero-order chi connectivity index (χ0) is 21.4. The highest BCUT2D eigenvalue weighted by molar-refractivity contribution is 6.30. The van der Waals surface area contributed by atoms with Crippen LogP contribution in [-0.4, -0.2) is 46.8 Å². The zero-order valence-corrected chi connectivity index (χ0v) is 16.4. The molecule has 154 valence electrons. The first-order chi connectivity index (χ1) is 14.4. The number of benzene rings is 2. The second kappa shape index (κ2) is 7.75. The third kappa shape index (κ3) is 3.71. The van der Waals surface area contributed by atoms with Gasteiger partial charge in [-0.3, -0.25) is 9.59 Å². The molecule has 7 nitrogen and oxygen atoms in total. The summed E-state index contributed by atoms with van der Waals surface area (Å²) in [5, 5.41) is 6.74. The molecular weight excluding hydrogens is 418 g/mol. The van der Waals surface area contributed by atoms with Crippen LogP contribution in [0.3, 0.4) is 0 Å². The lowest BCUT2D eigenvalue weighted by Gasteiger charge is -2.11. The number of amides is 2. The summed E-state index contributed by atoms with van der Waals surface area (Å²) in [5.74, 6) is -1.64. The molecule has 1 N–H and O–H groups in total. The first kappa shape index (κ1) is 19.8. The topological polar surface area (TPSA) is 76.5 Å². The van der Waals surface area contributed by atoms with Gasteiger partial charge in [0.2, 0.25) is 5.91 Å². The lowest BCUT2D eigenvalue weighted by molar-refractivity contribution is -0.118. The van der Waals surface area contributed by atoms with Gasteiger partial charge >= 0.3 is 0 Å². The number of hydrogen-bond acceptors (Lipinski definition) is 4. The summed E-state index contributed by atoms with van der Waals surface area (Å²) in [6.45, 7) is -0.0206. The van der Waals surface area contributed by atoms with E-state index in [1.165, 1.54) is 53.1 Å². The molecule has 3 aromatic rings.